The van der Waals surface area contributed by atoms with Crippen LogP contribution in [0.4, 0.5) is 5.82 Å². The van der Waals surface area contributed by atoms with Gasteiger partial charge in [-0.05, 0) is 35.9 Å². The van der Waals surface area contributed by atoms with Crippen LogP contribution in [0.1, 0.15) is 29.8 Å². The fraction of sp³-hybridized carbons (Fsp3) is 0.273. The highest BCUT2D eigenvalue weighted by molar-refractivity contribution is 7.89. The molecule has 0 radical (unpaired) electrons. The van der Waals surface area contributed by atoms with Crippen molar-refractivity contribution < 1.29 is 17.9 Å². The minimum Gasteiger partial charge on any atom is -0.495 e. The van der Waals surface area contributed by atoms with E-state index in [1.165, 1.54) is 29.6 Å². The van der Waals surface area contributed by atoms with Crippen molar-refractivity contribution >= 4 is 33.3 Å². The van der Waals surface area contributed by atoms with Crippen LogP contribution in [0.15, 0.2) is 59.6 Å². The third-order valence-electron chi connectivity index (χ3n) is 4.95. The number of sulfonamides is 1. The number of rotatable bonds is 9. The molecule has 0 fully saturated rings. The van der Waals surface area contributed by atoms with E-state index < -0.39 is 15.9 Å². The van der Waals surface area contributed by atoms with Crippen molar-refractivity contribution in [3.05, 3.63) is 70.9 Å². The highest BCUT2D eigenvalue weighted by Crippen LogP contribution is 2.28. The number of ether oxygens (including phenoxy) is 1. The van der Waals surface area contributed by atoms with Crippen molar-refractivity contribution in [2.24, 2.45) is 0 Å². The predicted molar refractivity (Wildman–Crippen MR) is 124 cm³/mol. The average molecular weight is 477 g/mol. The van der Waals surface area contributed by atoms with Crippen LogP contribution < -0.4 is 10.1 Å². The Balaban J connectivity index is 1.87. The number of carbonyl (C=O) groups is 1. The molecule has 0 unspecified atom stereocenters. The SMILES string of the molecule is CCN(CC)S(=O)(=O)c1cc(C(=O)Nc2ccnn2Cc2ccc(Cl)cc2)ccc1OC. The van der Waals surface area contributed by atoms with Gasteiger partial charge in [0.1, 0.15) is 16.5 Å². The van der Waals surface area contributed by atoms with Gasteiger partial charge in [0.25, 0.3) is 5.91 Å². The molecule has 0 bridgehead atoms. The van der Waals surface area contributed by atoms with Crippen LogP contribution in [-0.4, -0.2) is 48.6 Å². The Morgan fingerprint density at radius 3 is 2.44 bits per heavy atom. The molecule has 2 aromatic carbocycles. The molecule has 0 atom stereocenters. The highest BCUT2D eigenvalue weighted by atomic mass is 35.5. The summed E-state index contributed by atoms with van der Waals surface area (Å²) in [4.78, 5) is 12.9. The molecule has 0 saturated heterocycles. The zero-order chi connectivity index (χ0) is 23.3. The quantitative estimate of drug-likeness (QED) is 0.506. The Kier molecular flexibility index (Phi) is 7.55. The predicted octanol–water partition coefficient (Wildman–Crippen LogP) is 3.88. The van der Waals surface area contributed by atoms with Gasteiger partial charge in [-0.1, -0.05) is 37.6 Å². The standard InChI is InChI=1S/C22H25ClN4O4S/c1-4-26(5-2)32(29,30)20-14-17(8-11-19(20)31-3)22(28)25-21-12-13-24-27(21)15-16-6-9-18(23)10-7-16/h6-14H,4-5,15H2,1-3H3,(H,25,28). The van der Waals surface area contributed by atoms with Crippen molar-refractivity contribution in [3.63, 3.8) is 0 Å². The van der Waals surface area contributed by atoms with E-state index >= 15 is 0 Å². The Hall–Kier alpha value is -2.88. The van der Waals surface area contributed by atoms with Gasteiger partial charge in [-0.25, -0.2) is 13.1 Å². The third kappa shape index (κ3) is 5.12. The summed E-state index contributed by atoms with van der Waals surface area (Å²) in [6.07, 6.45) is 1.58. The van der Waals surface area contributed by atoms with E-state index in [1.54, 1.807) is 42.9 Å². The molecule has 1 N–H and O–H groups in total. The van der Waals surface area contributed by atoms with Gasteiger partial charge in [0.15, 0.2) is 0 Å². The van der Waals surface area contributed by atoms with Crippen LogP contribution in [0.25, 0.3) is 0 Å². The average Bonchev–Trinajstić information content (AvgIpc) is 3.21. The number of aromatic nitrogens is 2. The summed E-state index contributed by atoms with van der Waals surface area (Å²) in [6.45, 7) is 4.56. The summed E-state index contributed by atoms with van der Waals surface area (Å²) < 4.78 is 34.3. The maximum atomic E-state index is 13.0. The molecule has 0 saturated carbocycles. The molecule has 0 aliphatic carbocycles. The second kappa shape index (κ2) is 10.2. The fourth-order valence-corrected chi connectivity index (χ4v) is 5.00. The van der Waals surface area contributed by atoms with Gasteiger partial charge in [-0.2, -0.15) is 9.40 Å². The number of benzene rings is 2. The van der Waals surface area contributed by atoms with E-state index in [2.05, 4.69) is 10.4 Å². The van der Waals surface area contributed by atoms with Crippen LogP contribution in [0, 0.1) is 0 Å². The zero-order valence-corrected chi connectivity index (χ0v) is 19.7. The third-order valence-corrected chi connectivity index (χ3v) is 7.28. The summed E-state index contributed by atoms with van der Waals surface area (Å²) in [5, 5.41) is 7.69. The van der Waals surface area contributed by atoms with Crippen molar-refractivity contribution in [1.29, 1.82) is 0 Å². The summed E-state index contributed by atoms with van der Waals surface area (Å²) >= 11 is 5.93. The molecule has 0 aliphatic rings. The Morgan fingerprint density at radius 1 is 1.12 bits per heavy atom. The van der Waals surface area contributed by atoms with Crippen LogP contribution in [0.2, 0.25) is 5.02 Å². The second-order valence-corrected chi connectivity index (χ2v) is 9.25. The molecule has 32 heavy (non-hydrogen) atoms. The van der Waals surface area contributed by atoms with Crippen molar-refractivity contribution in [1.82, 2.24) is 14.1 Å². The Morgan fingerprint density at radius 2 is 1.81 bits per heavy atom. The highest BCUT2D eigenvalue weighted by Gasteiger charge is 2.27. The lowest BCUT2D eigenvalue weighted by Gasteiger charge is -2.20. The number of hydrogen-bond donors (Lipinski definition) is 1. The van der Waals surface area contributed by atoms with Crippen LogP contribution in [0.5, 0.6) is 5.75 Å². The number of anilines is 1. The molecule has 10 heteroatoms. The van der Waals surface area contributed by atoms with E-state index in [0.29, 0.717) is 30.5 Å². The maximum Gasteiger partial charge on any atom is 0.256 e. The lowest BCUT2D eigenvalue weighted by atomic mass is 10.2. The molecule has 3 rings (SSSR count). The number of nitrogens with one attached hydrogen (secondary N) is 1. The van der Waals surface area contributed by atoms with Gasteiger partial charge in [-0.3, -0.25) is 4.79 Å². The number of methoxy groups -OCH3 is 1. The number of nitrogens with zero attached hydrogens (tertiary/aromatic N) is 3. The molecule has 1 heterocycles. The minimum absolute atomic E-state index is 0.0500. The summed E-state index contributed by atoms with van der Waals surface area (Å²) in [5.41, 5.74) is 1.15. The molecule has 1 aromatic heterocycles. The van der Waals surface area contributed by atoms with E-state index in [0.717, 1.165) is 5.56 Å². The van der Waals surface area contributed by atoms with E-state index in [4.69, 9.17) is 16.3 Å². The summed E-state index contributed by atoms with van der Waals surface area (Å²) in [7, 11) is -2.42. The van der Waals surface area contributed by atoms with Crippen molar-refractivity contribution in [3.8, 4) is 5.75 Å². The number of hydrogen-bond acceptors (Lipinski definition) is 5. The van der Waals surface area contributed by atoms with Crippen molar-refractivity contribution in [2.75, 3.05) is 25.5 Å². The van der Waals surface area contributed by atoms with E-state index in [1.807, 2.05) is 12.1 Å². The molecule has 170 valence electrons. The molecule has 8 nitrogen and oxygen atoms in total. The first-order valence-electron chi connectivity index (χ1n) is 10.1. The first-order chi connectivity index (χ1) is 15.3. The summed E-state index contributed by atoms with van der Waals surface area (Å²) in [5.74, 6) is 0.205. The fourth-order valence-electron chi connectivity index (χ4n) is 3.24. The maximum absolute atomic E-state index is 13.0. The van der Waals surface area contributed by atoms with Crippen LogP contribution >= 0.6 is 11.6 Å². The number of carbonyl (C=O) groups excluding carboxylic acids is 1. The first-order valence-corrected chi connectivity index (χ1v) is 11.9. The second-order valence-electron chi connectivity index (χ2n) is 6.91. The molecule has 3 aromatic rings. The molecular weight excluding hydrogens is 452 g/mol. The van der Waals surface area contributed by atoms with E-state index in [-0.39, 0.29) is 16.2 Å². The lowest BCUT2D eigenvalue weighted by Crippen LogP contribution is -2.31. The normalized spacial score (nSPS) is 11.5. The minimum atomic E-state index is -3.81. The largest absolute Gasteiger partial charge is 0.495 e. The van der Waals surface area contributed by atoms with Gasteiger partial charge < -0.3 is 10.1 Å². The van der Waals surface area contributed by atoms with E-state index in [9.17, 15) is 13.2 Å². The number of halogens is 1. The molecule has 0 spiro atoms. The topological polar surface area (TPSA) is 93.5 Å². The van der Waals surface area contributed by atoms with Gasteiger partial charge in [0.2, 0.25) is 10.0 Å². The lowest BCUT2D eigenvalue weighted by molar-refractivity contribution is 0.102. The zero-order valence-electron chi connectivity index (χ0n) is 18.1. The first kappa shape index (κ1) is 23.8. The molecule has 0 aliphatic heterocycles. The molecular formula is C22H25ClN4O4S. The smallest absolute Gasteiger partial charge is 0.256 e. The van der Waals surface area contributed by atoms with Gasteiger partial charge in [0.05, 0.1) is 19.9 Å². The Labute approximate surface area is 192 Å². The monoisotopic (exact) mass is 476 g/mol. The Bertz CT molecular complexity index is 1190. The molecule has 1 amide bonds. The van der Waals surface area contributed by atoms with Gasteiger partial charge in [0, 0.05) is 29.7 Å². The summed E-state index contributed by atoms with van der Waals surface area (Å²) in [6, 6.07) is 13.3. The van der Waals surface area contributed by atoms with Gasteiger partial charge >= 0.3 is 0 Å². The van der Waals surface area contributed by atoms with Crippen LogP contribution in [0.3, 0.4) is 0 Å². The van der Waals surface area contributed by atoms with Gasteiger partial charge in [-0.15, -0.1) is 0 Å². The van der Waals surface area contributed by atoms with Crippen LogP contribution in [-0.2, 0) is 16.6 Å². The van der Waals surface area contributed by atoms with Crippen molar-refractivity contribution in [2.45, 2.75) is 25.3 Å². The number of amides is 1.